The lowest BCUT2D eigenvalue weighted by atomic mass is 9.85. The average Bonchev–Trinajstić information content (AvgIpc) is 2.25. The minimum Gasteiger partial charge on any atom is -0.295 e. The van der Waals surface area contributed by atoms with Crippen molar-refractivity contribution in [3.63, 3.8) is 0 Å². The fourth-order valence-corrected chi connectivity index (χ4v) is 2.25. The topological polar surface area (TPSA) is 54.9 Å². The van der Waals surface area contributed by atoms with Crippen molar-refractivity contribution in [2.45, 2.75) is 34.2 Å². The van der Waals surface area contributed by atoms with Crippen LogP contribution in [0.3, 0.4) is 0 Å². The lowest BCUT2D eigenvalue weighted by Crippen LogP contribution is -2.40. The van der Waals surface area contributed by atoms with E-state index in [2.05, 4.69) is 4.98 Å². The van der Waals surface area contributed by atoms with Gasteiger partial charge in [-0.05, 0) is 17.8 Å². The molecule has 1 aromatic rings. The average molecular weight is 277 g/mol. The Morgan fingerprint density at radius 2 is 1.72 bits per heavy atom. The molecule has 1 rings (SSSR count). The molecule has 0 bridgehead atoms. The number of aromatic amines is 1. The highest BCUT2D eigenvalue weighted by molar-refractivity contribution is 6.29. The molecule has 0 unspecified atom stereocenters. The number of hydrogen-bond donors (Lipinski definition) is 1. The van der Waals surface area contributed by atoms with Gasteiger partial charge < -0.3 is 0 Å². The predicted octanol–water partition coefficient (Wildman–Crippen LogP) is 2.26. The van der Waals surface area contributed by atoms with Gasteiger partial charge >= 0.3 is 5.69 Å². The number of aromatic nitrogens is 2. The van der Waals surface area contributed by atoms with Gasteiger partial charge in [-0.2, -0.15) is 4.39 Å². The third-order valence-corrected chi connectivity index (χ3v) is 3.45. The number of hydrogen-bond acceptors (Lipinski definition) is 2. The molecule has 0 radical (unpaired) electrons. The van der Waals surface area contributed by atoms with Crippen LogP contribution in [0.2, 0.25) is 5.15 Å². The zero-order valence-corrected chi connectivity index (χ0v) is 11.7. The number of nitrogens with zero attached hydrogens (tertiary/aromatic N) is 1. The maximum Gasteiger partial charge on any atom is 0.329 e. The summed E-state index contributed by atoms with van der Waals surface area (Å²) in [6.07, 6.45) is 0. The molecule has 1 aromatic heterocycles. The molecule has 4 nitrogen and oxygen atoms in total. The van der Waals surface area contributed by atoms with Gasteiger partial charge in [-0.3, -0.25) is 14.3 Å². The van der Waals surface area contributed by atoms with E-state index in [1.54, 1.807) is 0 Å². The smallest absolute Gasteiger partial charge is 0.295 e. The van der Waals surface area contributed by atoms with Crippen molar-refractivity contribution in [1.29, 1.82) is 0 Å². The molecule has 0 aliphatic carbocycles. The summed E-state index contributed by atoms with van der Waals surface area (Å²) in [5.74, 6) is -0.419. The van der Waals surface area contributed by atoms with Crippen LogP contribution in [0, 0.1) is 23.6 Å². The van der Waals surface area contributed by atoms with Gasteiger partial charge in [0.15, 0.2) is 5.15 Å². The molecule has 102 valence electrons. The molecule has 0 atom stereocenters. The Kier molecular flexibility index (Phi) is 4.73. The summed E-state index contributed by atoms with van der Waals surface area (Å²) in [5.41, 5.74) is -1.63. The summed E-state index contributed by atoms with van der Waals surface area (Å²) in [4.78, 5) is 25.5. The van der Waals surface area contributed by atoms with Crippen molar-refractivity contribution in [3.8, 4) is 0 Å². The van der Waals surface area contributed by atoms with Crippen molar-refractivity contribution in [1.82, 2.24) is 9.55 Å². The fourth-order valence-electron chi connectivity index (χ4n) is 2.09. The maximum atomic E-state index is 13.4. The summed E-state index contributed by atoms with van der Waals surface area (Å²) in [6.45, 7) is 8.23. The fraction of sp³-hybridized carbons (Fsp3) is 0.667. The van der Waals surface area contributed by atoms with Crippen LogP contribution in [-0.4, -0.2) is 9.55 Å². The van der Waals surface area contributed by atoms with Crippen LogP contribution in [-0.2, 0) is 6.54 Å². The predicted molar refractivity (Wildman–Crippen MR) is 69.5 cm³/mol. The zero-order chi connectivity index (χ0) is 14.0. The first kappa shape index (κ1) is 15.0. The molecule has 6 heteroatoms. The monoisotopic (exact) mass is 276 g/mol. The second-order valence-corrected chi connectivity index (χ2v) is 5.50. The van der Waals surface area contributed by atoms with Gasteiger partial charge in [0.05, 0.1) is 0 Å². The van der Waals surface area contributed by atoms with Crippen LogP contribution < -0.4 is 11.2 Å². The van der Waals surface area contributed by atoms with E-state index in [1.807, 2.05) is 27.7 Å². The van der Waals surface area contributed by atoms with Crippen molar-refractivity contribution >= 4 is 11.6 Å². The minimum atomic E-state index is -1.11. The normalized spacial score (nSPS) is 11.8. The Balaban J connectivity index is 3.23. The lowest BCUT2D eigenvalue weighted by Gasteiger charge is -2.25. The second-order valence-electron chi connectivity index (χ2n) is 5.13. The summed E-state index contributed by atoms with van der Waals surface area (Å²) in [7, 11) is 0. The van der Waals surface area contributed by atoms with E-state index < -0.39 is 22.2 Å². The Bertz CT molecular complexity index is 526. The van der Waals surface area contributed by atoms with E-state index in [1.165, 1.54) is 0 Å². The van der Waals surface area contributed by atoms with Gasteiger partial charge in [0.25, 0.3) is 5.56 Å². The first-order chi connectivity index (χ1) is 8.25. The van der Waals surface area contributed by atoms with Crippen molar-refractivity contribution in [3.05, 3.63) is 31.8 Å². The Labute approximate surface area is 110 Å². The van der Waals surface area contributed by atoms with E-state index in [-0.39, 0.29) is 24.3 Å². The lowest BCUT2D eigenvalue weighted by molar-refractivity contribution is 0.244. The highest BCUT2D eigenvalue weighted by Gasteiger charge is 2.21. The SMILES string of the molecule is CC(C)C(Cn1c(=O)[nH]c(Cl)c(F)c1=O)C(C)C. The summed E-state index contributed by atoms with van der Waals surface area (Å²) < 4.78 is 14.3. The van der Waals surface area contributed by atoms with Crippen LogP contribution in [0.15, 0.2) is 9.59 Å². The van der Waals surface area contributed by atoms with Gasteiger partial charge in [-0.25, -0.2) is 4.79 Å². The molecule has 0 saturated heterocycles. The van der Waals surface area contributed by atoms with Gasteiger partial charge in [0, 0.05) is 6.54 Å². The molecule has 0 spiro atoms. The summed E-state index contributed by atoms with van der Waals surface area (Å²) in [5, 5.41) is -0.535. The van der Waals surface area contributed by atoms with E-state index >= 15 is 0 Å². The number of rotatable bonds is 4. The quantitative estimate of drug-likeness (QED) is 0.858. The van der Waals surface area contributed by atoms with Crippen LogP contribution in [0.1, 0.15) is 27.7 Å². The molecule has 1 N–H and O–H groups in total. The molecule has 0 fully saturated rings. The summed E-state index contributed by atoms with van der Waals surface area (Å²) >= 11 is 5.41. The van der Waals surface area contributed by atoms with E-state index in [0.29, 0.717) is 0 Å². The standard InChI is InChI=1S/C12H18ClFN2O2/c1-6(2)8(7(3)4)5-16-11(17)9(14)10(13)15-12(16)18/h6-8H,5H2,1-4H3,(H,15,18). The van der Waals surface area contributed by atoms with Gasteiger partial charge in [0.1, 0.15) is 0 Å². The third-order valence-electron chi connectivity index (χ3n) is 3.19. The molecular formula is C12H18ClFN2O2. The molecule has 0 aliphatic heterocycles. The first-order valence-corrected chi connectivity index (χ1v) is 6.31. The minimum absolute atomic E-state index is 0.115. The second kappa shape index (κ2) is 5.69. The molecule has 1 heterocycles. The molecular weight excluding hydrogens is 259 g/mol. The van der Waals surface area contributed by atoms with Gasteiger partial charge in [0.2, 0.25) is 5.82 Å². The number of nitrogens with one attached hydrogen (secondary N) is 1. The van der Waals surface area contributed by atoms with Crippen molar-refractivity contribution in [2.24, 2.45) is 17.8 Å². The third kappa shape index (κ3) is 3.02. The molecule has 0 aromatic carbocycles. The number of halogens is 2. The van der Waals surface area contributed by atoms with Crippen LogP contribution >= 0.6 is 11.6 Å². The molecule has 0 amide bonds. The largest absolute Gasteiger partial charge is 0.329 e. The van der Waals surface area contributed by atoms with E-state index in [0.717, 1.165) is 4.57 Å². The van der Waals surface area contributed by atoms with Crippen molar-refractivity contribution in [2.75, 3.05) is 0 Å². The highest BCUT2D eigenvalue weighted by Crippen LogP contribution is 2.21. The highest BCUT2D eigenvalue weighted by atomic mass is 35.5. The molecule has 18 heavy (non-hydrogen) atoms. The van der Waals surface area contributed by atoms with Crippen LogP contribution in [0.4, 0.5) is 4.39 Å². The number of H-pyrrole nitrogens is 1. The van der Waals surface area contributed by atoms with E-state index in [4.69, 9.17) is 11.6 Å². The Hall–Kier alpha value is -1.10. The maximum absolute atomic E-state index is 13.4. The van der Waals surface area contributed by atoms with Gasteiger partial charge in [-0.15, -0.1) is 0 Å². The molecule has 0 aliphatic rings. The zero-order valence-electron chi connectivity index (χ0n) is 11.0. The van der Waals surface area contributed by atoms with E-state index in [9.17, 15) is 14.0 Å². The van der Waals surface area contributed by atoms with Gasteiger partial charge in [-0.1, -0.05) is 39.3 Å². The molecule has 0 saturated carbocycles. The first-order valence-electron chi connectivity index (χ1n) is 5.93. The Morgan fingerprint density at radius 1 is 1.22 bits per heavy atom. The van der Waals surface area contributed by atoms with Crippen molar-refractivity contribution < 1.29 is 4.39 Å². The van der Waals surface area contributed by atoms with Crippen LogP contribution in [0.5, 0.6) is 0 Å². The van der Waals surface area contributed by atoms with Crippen LogP contribution in [0.25, 0.3) is 0 Å². The Morgan fingerprint density at radius 3 is 2.17 bits per heavy atom. The summed E-state index contributed by atoms with van der Waals surface area (Å²) in [6, 6.07) is 0.